The number of amides is 1. The lowest BCUT2D eigenvalue weighted by Crippen LogP contribution is -2.53. The van der Waals surface area contributed by atoms with Gasteiger partial charge in [-0.1, -0.05) is 35.4 Å². The highest BCUT2D eigenvalue weighted by molar-refractivity contribution is 14.1. The minimum Gasteiger partial charge on any atom is -0.453 e. The molecule has 1 aliphatic carbocycles. The molecule has 13 heavy (non-hydrogen) atoms. The maximum absolute atomic E-state index is 11.1. The number of methoxy groups -OCH3 is 1. The zero-order chi connectivity index (χ0) is 9.90. The van der Waals surface area contributed by atoms with Gasteiger partial charge in [0.15, 0.2) is 0 Å². The molecule has 1 aliphatic rings. The van der Waals surface area contributed by atoms with Crippen molar-refractivity contribution in [3.8, 4) is 0 Å². The SMILES string of the molecule is COC(=O)N[C@@]1(C)CCCC[C@@H]1I. The highest BCUT2D eigenvalue weighted by atomic mass is 127. The standard InChI is InChI=1S/C9H16INO2/c1-9(11-8(12)13-2)6-4-3-5-7(9)10/h7H,3-6H2,1-2H3,(H,11,12)/t7-,9-/m0/s1. The van der Waals surface area contributed by atoms with Gasteiger partial charge in [0, 0.05) is 3.92 Å². The predicted molar refractivity (Wildman–Crippen MR) is 60.2 cm³/mol. The van der Waals surface area contributed by atoms with E-state index in [0.717, 1.165) is 6.42 Å². The lowest BCUT2D eigenvalue weighted by atomic mass is 9.83. The molecule has 2 atom stereocenters. The molecule has 1 saturated carbocycles. The molecule has 0 aromatic carbocycles. The Morgan fingerprint density at radius 2 is 2.31 bits per heavy atom. The van der Waals surface area contributed by atoms with Crippen molar-refractivity contribution in [3.63, 3.8) is 0 Å². The first-order valence-electron chi connectivity index (χ1n) is 4.59. The largest absolute Gasteiger partial charge is 0.453 e. The molecule has 0 heterocycles. The second kappa shape index (κ2) is 4.48. The van der Waals surface area contributed by atoms with E-state index in [4.69, 9.17) is 0 Å². The van der Waals surface area contributed by atoms with Gasteiger partial charge in [0.2, 0.25) is 0 Å². The van der Waals surface area contributed by atoms with Crippen molar-refractivity contribution < 1.29 is 9.53 Å². The van der Waals surface area contributed by atoms with E-state index in [1.807, 2.05) is 0 Å². The van der Waals surface area contributed by atoms with Gasteiger partial charge in [-0.25, -0.2) is 4.79 Å². The third kappa shape index (κ3) is 2.72. The van der Waals surface area contributed by atoms with Crippen LogP contribution in [-0.4, -0.2) is 22.7 Å². The van der Waals surface area contributed by atoms with Crippen LogP contribution in [0.3, 0.4) is 0 Å². The van der Waals surface area contributed by atoms with Crippen LogP contribution in [0.1, 0.15) is 32.6 Å². The number of rotatable bonds is 1. The molecular formula is C9H16INO2. The highest BCUT2D eigenvalue weighted by Crippen LogP contribution is 2.33. The lowest BCUT2D eigenvalue weighted by Gasteiger charge is -2.38. The summed E-state index contributed by atoms with van der Waals surface area (Å²) in [4.78, 5) is 11.1. The van der Waals surface area contributed by atoms with Gasteiger partial charge in [0.25, 0.3) is 0 Å². The Balaban J connectivity index is 2.56. The molecule has 1 N–H and O–H groups in total. The second-order valence-corrected chi connectivity index (χ2v) is 5.25. The number of ether oxygens (including phenoxy) is 1. The first-order valence-corrected chi connectivity index (χ1v) is 5.83. The molecule has 0 aliphatic heterocycles. The smallest absolute Gasteiger partial charge is 0.407 e. The first-order chi connectivity index (χ1) is 6.08. The molecule has 1 fully saturated rings. The number of halogens is 1. The quantitative estimate of drug-likeness (QED) is 0.596. The lowest BCUT2D eigenvalue weighted by molar-refractivity contribution is 0.151. The van der Waals surface area contributed by atoms with Gasteiger partial charge in [-0.05, 0) is 19.8 Å². The van der Waals surface area contributed by atoms with Gasteiger partial charge >= 0.3 is 6.09 Å². The van der Waals surface area contributed by atoms with Gasteiger partial charge in [-0.2, -0.15) is 0 Å². The van der Waals surface area contributed by atoms with Crippen molar-refractivity contribution in [1.29, 1.82) is 0 Å². The molecule has 1 rings (SSSR count). The van der Waals surface area contributed by atoms with Crippen molar-refractivity contribution in [2.45, 2.75) is 42.1 Å². The van der Waals surface area contributed by atoms with E-state index in [9.17, 15) is 4.79 Å². The van der Waals surface area contributed by atoms with Crippen LogP contribution in [0.25, 0.3) is 0 Å². The van der Waals surface area contributed by atoms with Crippen molar-refractivity contribution in [2.24, 2.45) is 0 Å². The molecule has 0 bridgehead atoms. The third-order valence-corrected chi connectivity index (χ3v) is 4.67. The molecule has 0 unspecified atom stereocenters. The minimum absolute atomic E-state index is 0.0775. The second-order valence-electron chi connectivity index (χ2n) is 3.75. The summed E-state index contributed by atoms with van der Waals surface area (Å²) in [6.07, 6.45) is 4.38. The van der Waals surface area contributed by atoms with Crippen molar-refractivity contribution >= 4 is 28.7 Å². The topological polar surface area (TPSA) is 38.3 Å². The Labute approximate surface area is 92.7 Å². The Kier molecular flexibility index (Phi) is 3.82. The fourth-order valence-corrected chi connectivity index (χ4v) is 2.62. The maximum atomic E-state index is 11.1. The Hall–Kier alpha value is 0. The van der Waals surface area contributed by atoms with E-state index in [-0.39, 0.29) is 11.6 Å². The Bertz CT molecular complexity index is 198. The van der Waals surface area contributed by atoms with Gasteiger partial charge in [0.1, 0.15) is 0 Å². The van der Waals surface area contributed by atoms with Crippen LogP contribution in [0, 0.1) is 0 Å². The number of alkyl halides is 1. The third-order valence-electron chi connectivity index (χ3n) is 2.67. The van der Waals surface area contributed by atoms with Crippen LogP contribution in [0.15, 0.2) is 0 Å². The zero-order valence-electron chi connectivity index (χ0n) is 8.10. The summed E-state index contributed by atoms with van der Waals surface area (Å²) in [6.45, 7) is 2.10. The van der Waals surface area contributed by atoms with E-state index in [1.165, 1.54) is 26.4 Å². The fraction of sp³-hybridized carbons (Fsp3) is 0.889. The maximum Gasteiger partial charge on any atom is 0.407 e. The molecular weight excluding hydrogens is 281 g/mol. The van der Waals surface area contributed by atoms with Gasteiger partial charge in [-0.3, -0.25) is 0 Å². The van der Waals surface area contributed by atoms with Gasteiger partial charge in [0.05, 0.1) is 12.6 Å². The molecule has 76 valence electrons. The first kappa shape index (κ1) is 11.1. The van der Waals surface area contributed by atoms with E-state index >= 15 is 0 Å². The van der Waals surface area contributed by atoms with Crippen molar-refractivity contribution in [2.75, 3.05) is 7.11 Å². The average Bonchev–Trinajstić information content (AvgIpc) is 2.10. The highest BCUT2D eigenvalue weighted by Gasteiger charge is 2.36. The van der Waals surface area contributed by atoms with E-state index in [2.05, 4.69) is 39.6 Å². The van der Waals surface area contributed by atoms with Gasteiger partial charge < -0.3 is 10.1 Å². The zero-order valence-corrected chi connectivity index (χ0v) is 10.3. The summed E-state index contributed by atoms with van der Waals surface area (Å²) in [5.74, 6) is 0. The van der Waals surface area contributed by atoms with Crippen LogP contribution in [-0.2, 0) is 4.74 Å². The van der Waals surface area contributed by atoms with Crippen LogP contribution in [0.2, 0.25) is 0 Å². The molecule has 0 aromatic rings. The number of nitrogens with one attached hydrogen (secondary N) is 1. The van der Waals surface area contributed by atoms with Crippen LogP contribution in [0.5, 0.6) is 0 Å². The number of carbonyl (C=O) groups excluding carboxylic acids is 1. The number of hydrogen-bond acceptors (Lipinski definition) is 2. The van der Waals surface area contributed by atoms with E-state index in [0.29, 0.717) is 3.92 Å². The van der Waals surface area contributed by atoms with Gasteiger partial charge in [-0.15, -0.1) is 0 Å². The summed E-state index contributed by atoms with van der Waals surface area (Å²) in [6, 6.07) is 0. The van der Waals surface area contributed by atoms with Crippen LogP contribution >= 0.6 is 22.6 Å². The van der Waals surface area contributed by atoms with Crippen LogP contribution in [0.4, 0.5) is 4.79 Å². The summed E-state index contributed by atoms with van der Waals surface area (Å²) >= 11 is 2.41. The molecule has 4 heteroatoms. The molecule has 3 nitrogen and oxygen atoms in total. The molecule has 0 aromatic heterocycles. The number of alkyl carbamates (subject to hydrolysis) is 1. The van der Waals surface area contributed by atoms with Crippen molar-refractivity contribution in [3.05, 3.63) is 0 Å². The molecule has 0 spiro atoms. The number of carbonyl (C=O) groups is 1. The summed E-state index contributed by atoms with van der Waals surface area (Å²) in [5, 5.41) is 2.93. The van der Waals surface area contributed by atoms with Crippen molar-refractivity contribution in [1.82, 2.24) is 5.32 Å². The molecule has 1 amide bonds. The Morgan fingerprint density at radius 1 is 1.62 bits per heavy atom. The monoisotopic (exact) mass is 297 g/mol. The molecule has 0 saturated heterocycles. The van der Waals surface area contributed by atoms with E-state index in [1.54, 1.807) is 0 Å². The summed E-state index contributed by atoms with van der Waals surface area (Å²) < 4.78 is 5.13. The molecule has 0 radical (unpaired) electrons. The number of hydrogen-bond donors (Lipinski definition) is 1. The minimum atomic E-state index is -0.314. The average molecular weight is 297 g/mol. The fourth-order valence-electron chi connectivity index (χ4n) is 1.72. The summed E-state index contributed by atoms with van der Waals surface area (Å²) in [5.41, 5.74) is -0.0775. The predicted octanol–water partition coefficient (Wildman–Crippen LogP) is 2.48. The van der Waals surface area contributed by atoms with E-state index < -0.39 is 0 Å². The normalized spacial score (nSPS) is 33.9. The summed E-state index contributed by atoms with van der Waals surface area (Å²) in [7, 11) is 1.41. The Morgan fingerprint density at radius 3 is 2.85 bits per heavy atom. The van der Waals surface area contributed by atoms with Crippen LogP contribution < -0.4 is 5.32 Å².